The molecule has 0 aliphatic carbocycles. The number of hydrogen-bond acceptors (Lipinski definition) is 1. The van der Waals surface area contributed by atoms with Gasteiger partial charge in [0.05, 0.1) is 0 Å². The van der Waals surface area contributed by atoms with Gasteiger partial charge in [-0.05, 0) is 42.0 Å². The molecular formula is C15H23ClFN. The van der Waals surface area contributed by atoms with E-state index in [0.29, 0.717) is 11.1 Å². The fourth-order valence-corrected chi connectivity index (χ4v) is 2.09. The Morgan fingerprint density at radius 3 is 2.61 bits per heavy atom. The summed E-state index contributed by atoms with van der Waals surface area (Å²) in [7, 11) is 0. The second-order valence-corrected chi connectivity index (χ2v) is 6.02. The molecule has 1 N–H and O–H groups in total. The van der Waals surface area contributed by atoms with E-state index in [-0.39, 0.29) is 11.2 Å². The molecule has 1 rings (SSSR count). The van der Waals surface area contributed by atoms with Crippen molar-refractivity contribution in [3.63, 3.8) is 0 Å². The van der Waals surface area contributed by atoms with Gasteiger partial charge in [0.1, 0.15) is 5.82 Å². The van der Waals surface area contributed by atoms with E-state index in [1.165, 1.54) is 6.07 Å². The van der Waals surface area contributed by atoms with Crippen molar-refractivity contribution in [2.75, 3.05) is 6.54 Å². The molecule has 1 aromatic rings. The molecule has 0 saturated carbocycles. The molecule has 1 aromatic carbocycles. The van der Waals surface area contributed by atoms with Crippen LogP contribution in [0.3, 0.4) is 0 Å². The summed E-state index contributed by atoms with van der Waals surface area (Å²) in [4.78, 5) is 0. The van der Waals surface area contributed by atoms with E-state index in [2.05, 4.69) is 33.0 Å². The highest BCUT2D eigenvalue weighted by Gasteiger charge is 2.24. The van der Waals surface area contributed by atoms with Crippen LogP contribution in [0.25, 0.3) is 0 Å². The summed E-state index contributed by atoms with van der Waals surface area (Å²) >= 11 is 6.13. The van der Waals surface area contributed by atoms with Gasteiger partial charge in [-0.15, -0.1) is 0 Å². The van der Waals surface area contributed by atoms with Crippen LogP contribution in [0.1, 0.15) is 39.7 Å². The van der Waals surface area contributed by atoms with Gasteiger partial charge < -0.3 is 5.32 Å². The van der Waals surface area contributed by atoms with Gasteiger partial charge >= 0.3 is 0 Å². The maximum absolute atomic E-state index is 13.3. The van der Waals surface area contributed by atoms with Crippen LogP contribution >= 0.6 is 11.6 Å². The molecule has 0 fully saturated rings. The van der Waals surface area contributed by atoms with E-state index in [1.54, 1.807) is 12.1 Å². The third-order valence-corrected chi connectivity index (χ3v) is 3.78. The first-order valence-corrected chi connectivity index (χ1v) is 6.91. The third kappa shape index (κ3) is 4.58. The summed E-state index contributed by atoms with van der Waals surface area (Å²) in [5, 5.41) is 4.11. The molecular weight excluding hydrogens is 249 g/mol. The predicted octanol–water partition coefficient (Wildman–Crippen LogP) is 4.44. The van der Waals surface area contributed by atoms with E-state index in [9.17, 15) is 4.39 Å². The minimum absolute atomic E-state index is 0.0989. The quantitative estimate of drug-likeness (QED) is 0.807. The van der Waals surface area contributed by atoms with E-state index < -0.39 is 0 Å². The Morgan fingerprint density at radius 1 is 1.39 bits per heavy atom. The van der Waals surface area contributed by atoms with Crippen molar-refractivity contribution >= 4 is 11.6 Å². The first kappa shape index (κ1) is 15.5. The molecule has 0 heterocycles. The first-order chi connectivity index (χ1) is 8.36. The molecule has 102 valence electrons. The van der Waals surface area contributed by atoms with E-state index in [1.807, 2.05) is 0 Å². The van der Waals surface area contributed by atoms with Gasteiger partial charge in [0, 0.05) is 17.6 Å². The number of nitrogens with one attached hydrogen (secondary N) is 1. The second kappa shape index (κ2) is 6.53. The summed E-state index contributed by atoms with van der Waals surface area (Å²) in [5.74, 6) is -0.218. The van der Waals surface area contributed by atoms with Crippen molar-refractivity contribution in [3.05, 3.63) is 34.6 Å². The van der Waals surface area contributed by atoms with Crippen LogP contribution in [-0.2, 0) is 6.42 Å². The standard InChI is InChI=1S/C15H23ClFN/c1-5-15(4,10-18-11(2)3)9-12-8-13(17)6-7-14(12)16/h6-8,11,18H,5,9-10H2,1-4H3. The number of benzene rings is 1. The van der Waals surface area contributed by atoms with Crippen LogP contribution in [0.15, 0.2) is 18.2 Å². The lowest BCUT2D eigenvalue weighted by Gasteiger charge is -2.30. The third-order valence-electron chi connectivity index (χ3n) is 3.42. The van der Waals surface area contributed by atoms with Crippen LogP contribution in [-0.4, -0.2) is 12.6 Å². The summed E-state index contributed by atoms with van der Waals surface area (Å²) in [6.45, 7) is 9.54. The van der Waals surface area contributed by atoms with E-state index >= 15 is 0 Å². The highest BCUT2D eigenvalue weighted by atomic mass is 35.5. The Bertz CT molecular complexity index is 392. The largest absolute Gasteiger partial charge is 0.314 e. The van der Waals surface area contributed by atoms with Crippen LogP contribution in [0.4, 0.5) is 4.39 Å². The van der Waals surface area contributed by atoms with Gasteiger partial charge in [-0.25, -0.2) is 4.39 Å². The minimum Gasteiger partial charge on any atom is -0.314 e. The molecule has 3 heteroatoms. The normalized spacial score (nSPS) is 14.8. The Hall–Kier alpha value is -0.600. The van der Waals surface area contributed by atoms with E-state index in [4.69, 9.17) is 11.6 Å². The summed E-state index contributed by atoms with van der Waals surface area (Å²) in [5.41, 5.74) is 0.994. The van der Waals surface area contributed by atoms with E-state index in [0.717, 1.165) is 24.9 Å². The highest BCUT2D eigenvalue weighted by Crippen LogP contribution is 2.29. The summed E-state index contributed by atoms with van der Waals surface area (Å²) in [6.07, 6.45) is 1.82. The van der Waals surface area contributed by atoms with Crippen molar-refractivity contribution in [1.29, 1.82) is 0 Å². The van der Waals surface area contributed by atoms with Gasteiger partial charge in [-0.3, -0.25) is 0 Å². The molecule has 0 aromatic heterocycles. The fourth-order valence-electron chi connectivity index (χ4n) is 1.90. The molecule has 0 spiro atoms. The monoisotopic (exact) mass is 271 g/mol. The molecule has 0 radical (unpaired) electrons. The molecule has 0 saturated heterocycles. The summed E-state index contributed by atoms with van der Waals surface area (Å²) in [6, 6.07) is 5.05. The van der Waals surface area contributed by atoms with Crippen LogP contribution < -0.4 is 5.32 Å². The molecule has 18 heavy (non-hydrogen) atoms. The van der Waals surface area contributed by atoms with Gasteiger partial charge in [0.15, 0.2) is 0 Å². The zero-order chi connectivity index (χ0) is 13.8. The molecule has 0 amide bonds. The molecule has 0 aliphatic rings. The topological polar surface area (TPSA) is 12.0 Å². The Balaban J connectivity index is 2.80. The number of rotatable bonds is 6. The van der Waals surface area contributed by atoms with Crippen LogP contribution in [0.5, 0.6) is 0 Å². The van der Waals surface area contributed by atoms with Crippen molar-refractivity contribution in [2.24, 2.45) is 5.41 Å². The van der Waals surface area contributed by atoms with Gasteiger partial charge in [-0.2, -0.15) is 0 Å². The van der Waals surface area contributed by atoms with Crippen molar-refractivity contribution < 1.29 is 4.39 Å². The number of hydrogen-bond donors (Lipinski definition) is 1. The van der Waals surface area contributed by atoms with Gasteiger partial charge in [0.25, 0.3) is 0 Å². The Labute approximate surface area is 115 Å². The van der Waals surface area contributed by atoms with Gasteiger partial charge in [-0.1, -0.05) is 39.3 Å². The van der Waals surface area contributed by atoms with Gasteiger partial charge in [0.2, 0.25) is 0 Å². The minimum atomic E-state index is -0.218. The molecule has 0 bridgehead atoms. The molecule has 0 aliphatic heterocycles. The highest BCUT2D eigenvalue weighted by molar-refractivity contribution is 6.31. The Morgan fingerprint density at radius 2 is 2.06 bits per heavy atom. The zero-order valence-electron chi connectivity index (χ0n) is 11.7. The predicted molar refractivity (Wildman–Crippen MR) is 76.7 cm³/mol. The smallest absolute Gasteiger partial charge is 0.123 e. The number of halogens is 2. The second-order valence-electron chi connectivity index (χ2n) is 5.61. The lowest BCUT2D eigenvalue weighted by atomic mass is 9.81. The first-order valence-electron chi connectivity index (χ1n) is 6.53. The van der Waals surface area contributed by atoms with Crippen molar-refractivity contribution in [2.45, 2.75) is 46.6 Å². The SMILES string of the molecule is CCC(C)(CNC(C)C)Cc1cc(F)ccc1Cl. The summed E-state index contributed by atoms with van der Waals surface area (Å²) < 4.78 is 13.3. The fraction of sp³-hybridized carbons (Fsp3) is 0.600. The Kier molecular flexibility index (Phi) is 5.61. The molecule has 1 nitrogen and oxygen atoms in total. The molecule has 1 unspecified atom stereocenters. The van der Waals surface area contributed by atoms with Crippen molar-refractivity contribution in [1.82, 2.24) is 5.32 Å². The lowest BCUT2D eigenvalue weighted by molar-refractivity contribution is 0.281. The zero-order valence-corrected chi connectivity index (χ0v) is 12.4. The van der Waals surface area contributed by atoms with Crippen molar-refractivity contribution in [3.8, 4) is 0 Å². The van der Waals surface area contributed by atoms with Crippen LogP contribution in [0, 0.1) is 11.2 Å². The molecule has 1 atom stereocenters. The maximum Gasteiger partial charge on any atom is 0.123 e. The average Bonchev–Trinajstić information content (AvgIpc) is 2.31. The maximum atomic E-state index is 13.3. The van der Waals surface area contributed by atoms with Crippen LogP contribution in [0.2, 0.25) is 5.02 Å². The average molecular weight is 272 g/mol. The lowest BCUT2D eigenvalue weighted by Crippen LogP contribution is -2.36.